The zero-order chi connectivity index (χ0) is 49.2. The molecule has 2 nitrogen and oxygen atoms in total. The lowest BCUT2D eigenvalue weighted by molar-refractivity contribution is 0.670. The lowest BCUT2D eigenvalue weighted by atomic mass is 9.96. The van der Waals surface area contributed by atoms with Crippen LogP contribution >= 0.6 is 0 Å². The van der Waals surface area contributed by atoms with Crippen molar-refractivity contribution in [3.8, 4) is 77.9 Å². The summed E-state index contributed by atoms with van der Waals surface area (Å²) in [5.41, 5.74) is 21.5. The zero-order valence-corrected chi connectivity index (χ0v) is 41.3. The van der Waals surface area contributed by atoms with Crippen molar-refractivity contribution in [3.05, 3.63) is 273 Å². The highest BCUT2D eigenvalue weighted by Crippen LogP contribution is 2.41. The number of hydrogen-bond donors (Lipinski definition) is 0. The SMILES string of the molecule is CC.CC.c1ccc(-c2cccc(-c3cccc(-c4ccc(N(c5ccc(-c6cccc(-c7cccc(-c8ccccc8)c7)c6)cc5)c5ccc(-c6cccc7c6oc6ccccc67)cc5)cc4)c3)c2)cc1. The van der Waals surface area contributed by atoms with Gasteiger partial charge in [-0.1, -0.05) is 234 Å². The largest absolute Gasteiger partial charge is 0.455 e. The molecule has 72 heavy (non-hydrogen) atoms. The van der Waals surface area contributed by atoms with Gasteiger partial charge in [0.2, 0.25) is 0 Å². The van der Waals surface area contributed by atoms with E-state index in [2.05, 4.69) is 266 Å². The highest BCUT2D eigenvalue weighted by atomic mass is 16.3. The normalized spacial score (nSPS) is 10.8. The summed E-state index contributed by atoms with van der Waals surface area (Å²) in [5.74, 6) is 0. The number of fused-ring (bicyclic) bond motifs is 3. The van der Waals surface area contributed by atoms with Crippen molar-refractivity contribution in [2.75, 3.05) is 4.90 Å². The van der Waals surface area contributed by atoms with Crippen LogP contribution in [0.15, 0.2) is 277 Å². The molecule has 1 aromatic heterocycles. The van der Waals surface area contributed by atoms with Gasteiger partial charge in [0.1, 0.15) is 11.2 Å². The van der Waals surface area contributed by atoms with Crippen molar-refractivity contribution in [3.63, 3.8) is 0 Å². The first-order valence-corrected chi connectivity index (χ1v) is 25.2. The Hall–Kier alpha value is -8.98. The van der Waals surface area contributed by atoms with Crippen LogP contribution < -0.4 is 4.90 Å². The maximum absolute atomic E-state index is 6.45. The predicted molar refractivity (Wildman–Crippen MR) is 309 cm³/mol. The van der Waals surface area contributed by atoms with Crippen molar-refractivity contribution in [2.45, 2.75) is 27.7 Å². The van der Waals surface area contributed by atoms with Crippen molar-refractivity contribution >= 4 is 39.0 Å². The van der Waals surface area contributed by atoms with Gasteiger partial charge in [-0.2, -0.15) is 0 Å². The van der Waals surface area contributed by atoms with E-state index >= 15 is 0 Å². The molecular formula is C70H57NO. The van der Waals surface area contributed by atoms with Crippen LogP contribution in [0, 0.1) is 0 Å². The van der Waals surface area contributed by atoms with Crippen LogP contribution in [0.1, 0.15) is 27.7 Å². The molecule has 0 atom stereocenters. The Morgan fingerprint density at radius 3 is 0.931 bits per heavy atom. The Labute approximate surface area is 424 Å². The standard InChI is InChI=1S/C66H45NO.2C2H6/c1-3-14-46(15-4-1)51-18-9-22-55(42-51)57-24-11-20-53(44-57)48-30-36-59(37-31-48)67(61-40-34-50(35-41-61)62-27-13-28-64-63-26-7-8-29-65(63)68-66(62)64)60-38-32-49(33-39-60)54-21-12-25-58(45-54)56-23-10-19-52(43-56)47-16-5-2-6-17-47;2*1-2/h1-45H;2*1-2H3. The third kappa shape index (κ3) is 9.77. The van der Waals surface area contributed by atoms with Gasteiger partial charge in [-0.3, -0.25) is 0 Å². The molecule has 2 heteroatoms. The first-order chi connectivity index (χ1) is 35.7. The summed E-state index contributed by atoms with van der Waals surface area (Å²) >= 11 is 0. The van der Waals surface area contributed by atoms with Crippen molar-refractivity contribution in [1.82, 2.24) is 0 Å². The van der Waals surface area contributed by atoms with E-state index in [0.717, 1.165) is 61.3 Å². The van der Waals surface area contributed by atoms with E-state index in [9.17, 15) is 0 Å². The van der Waals surface area contributed by atoms with Crippen molar-refractivity contribution < 1.29 is 4.42 Å². The quantitative estimate of drug-likeness (QED) is 0.136. The van der Waals surface area contributed by atoms with Crippen LogP contribution in [0.5, 0.6) is 0 Å². The van der Waals surface area contributed by atoms with Gasteiger partial charge in [-0.15, -0.1) is 0 Å². The maximum Gasteiger partial charge on any atom is 0.143 e. The molecular weight excluding hydrogens is 871 g/mol. The smallest absolute Gasteiger partial charge is 0.143 e. The molecule has 0 saturated carbocycles. The molecule has 0 fully saturated rings. The molecule has 0 N–H and O–H groups in total. The van der Waals surface area contributed by atoms with Gasteiger partial charge in [-0.05, 0) is 139 Å². The highest BCUT2D eigenvalue weighted by molar-refractivity contribution is 6.09. The molecule has 0 bridgehead atoms. The van der Waals surface area contributed by atoms with Crippen LogP contribution in [0.2, 0.25) is 0 Å². The fourth-order valence-electron chi connectivity index (χ4n) is 9.59. The average molecular weight is 928 g/mol. The maximum atomic E-state index is 6.45. The van der Waals surface area contributed by atoms with Crippen molar-refractivity contribution in [1.29, 1.82) is 0 Å². The van der Waals surface area contributed by atoms with E-state index in [1.54, 1.807) is 0 Å². The Bertz CT molecular complexity index is 3530. The molecule has 0 saturated heterocycles. The molecule has 0 aliphatic carbocycles. The summed E-state index contributed by atoms with van der Waals surface area (Å²) in [7, 11) is 0. The summed E-state index contributed by atoms with van der Waals surface area (Å²) in [6.45, 7) is 8.00. The monoisotopic (exact) mass is 927 g/mol. The molecule has 0 spiro atoms. The van der Waals surface area contributed by atoms with Crippen LogP contribution in [0.3, 0.4) is 0 Å². The van der Waals surface area contributed by atoms with E-state index in [-0.39, 0.29) is 0 Å². The highest BCUT2D eigenvalue weighted by Gasteiger charge is 2.17. The number of benzene rings is 11. The molecule has 1 heterocycles. The van der Waals surface area contributed by atoms with Gasteiger partial charge in [0.15, 0.2) is 0 Å². The lowest BCUT2D eigenvalue weighted by Crippen LogP contribution is -2.09. The second-order valence-electron chi connectivity index (χ2n) is 17.3. The molecule has 12 rings (SSSR count). The van der Waals surface area contributed by atoms with Crippen molar-refractivity contribution in [2.24, 2.45) is 0 Å². The number of nitrogens with zero attached hydrogens (tertiary/aromatic N) is 1. The third-order valence-electron chi connectivity index (χ3n) is 13.1. The van der Waals surface area contributed by atoms with Gasteiger partial charge in [-0.25, -0.2) is 0 Å². The average Bonchev–Trinajstić information content (AvgIpc) is 3.87. The first kappa shape index (κ1) is 46.7. The summed E-state index contributed by atoms with van der Waals surface area (Å²) in [5, 5.41) is 2.26. The third-order valence-corrected chi connectivity index (χ3v) is 13.1. The second-order valence-corrected chi connectivity index (χ2v) is 17.3. The molecule has 11 aromatic carbocycles. The molecule has 0 amide bonds. The van der Waals surface area contributed by atoms with Gasteiger partial charge in [0.25, 0.3) is 0 Å². The van der Waals surface area contributed by atoms with E-state index in [0.29, 0.717) is 0 Å². The molecule has 0 aliphatic rings. The lowest BCUT2D eigenvalue weighted by Gasteiger charge is -2.26. The van der Waals surface area contributed by atoms with E-state index < -0.39 is 0 Å². The minimum atomic E-state index is 0.901. The van der Waals surface area contributed by atoms with E-state index in [4.69, 9.17) is 4.42 Å². The van der Waals surface area contributed by atoms with Crippen LogP contribution in [0.4, 0.5) is 17.1 Å². The van der Waals surface area contributed by atoms with E-state index in [1.165, 1.54) is 55.6 Å². The molecule has 0 unspecified atom stereocenters. The molecule has 0 radical (unpaired) electrons. The Morgan fingerprint density at radius 2 is 0.528 bits per heavy atom. The fourth-order valence-corrected chi connectivity index (χ4v) is 9.59. The van der Waals surface area contributed by atoms with Crippen LogP contribution in [0.25, 0.3) is 99.8 Å². The van der Waals surface area contributed by atoms with E-state index in [1.807, 2.05) is 39.8 Å². The molecule has 12 aromatic rings. The number of furan rings is 1. The number of rotatable bonds is 10. The minimum absolute atomic E-state index is 0.901. The second kappa shape index (κ2) is 21.8. The van der Waals surface area contributed by atoms with Gasteiger partial charge < -0.3 is 9.32 Å². The summed E-state index contributed by atoms with van der Waals surface area (Å²) in [6.07, 6.45) is 0. The zero-order valence-electron chi connectivity index (χ0n) is 41.3. The summed E-state index contributed by atoms with van der Waals surface area (Å²) in [4.78, 5) is 2.34. The number of para-hydroxylation sites is 2. The van der Waals surface area contributed by atoms with Gasteiger partial charge in [0, 0.05) is 33.4 Å². The van der Waals surface area contributed by atoms with Gasteiger partial charge in [0.05, 0.1) is 0 Å². The van der Waals surface area contributed by atoms with Crippen LogP contribution in [-0.2, 0) is 0 Å². The van der Waals surface area contributed by atoms with Gasteiger partial charge >= 0.3 is 0 Å². The Morgan fingerprint density at radius 1 is 0.236 bits per heavy atom. The Kier molecular flexibility index (Phi) is 14.1. The molecule has 348 valence electrons. The summed E-state index contributed by atoms with van der Waals surface area (Å²) < 4.78 is 6.45. The first-order valence-electron chi connectivity index (χ1n) is 25.2. The Balaban J connectivity index is 0.00000146. The number of anilines is 3. The minimum Gasteiger partial charge on any atom is -0.455 e. The predicted octanol–water partition coefficient (Wildman–Crippen LogP) is 20.8. The topological polar surface area (TPSA) is 16.4 Å². The fraction of sp³-hybridized carbons (Fsp3) is 0.0571. The summed E-state index contributed by atoms with van der Waals surface area (Å²) in [6, 6.07) is 98.0. The molecule has 0 aliphatic heterocycles. The van der Waals surface area contributed by atoms with Crippen LogP contribution in [-0.4, -0.2) is 0 Å². The number of hydrogen-bond acceptors (Lipinski definition) is 2.